The van der Waals surface area contributed by atoms with Gasteiger partial charge in [-0.15, -0.1) is 0 Å². The molecule has 3 aromatic rings. The summed E-state index contributed by atoms with van der Waals surface area (Å²) in [6.07, 6.45) is 5.56. The third-order valence-corrected chi connectivity index (χ3v) is 5.56. The van der Waals surface area contributed by atoms with Crippen LogP contribution in [0.15, 0.2) is 54.9 Å². The van der Waals surface area contributed by atoms with Gasteiger partial charge in [-0.25, -0.2) is 0 Å². The fraction of sp³-hybridized carbons (Fsp3) is 0.333. The zero-order chi connectivity index (χ0) is 20.4. The molecule has 5 nitrogen and oxygen atoms in total. The molecule has 1 fully saturated rings. The summed E-state index contributed by atoms with van der Waals surface area (Å²) in [4.78, 5) is 19.5. The molecule has 1 aromatic heterocycles. The predicted octanol–water partition coefficient (Wildman–Crippen LogP) is 3.90. The lowest BCUT2D eigenvalue weighted by Crippen LogP contribution is -2.35. The molecule has 5 heteroatoms. The molecule has 0 atom stereocenters. The van der Waals surface area contributed by atoms with Crippen LogP contribution in [0, 0.1) is 6.92 Å². The van der Waals surface area contributed by atoms with Gasteiger partial charge in [0.25, 0.3) is 5.91 Å². The Morgan fingerprint density at radius 2 is 2.03 bits per heavy atom. The van der Waals surface area contributed by atoms with E-state index in [-0.39, 0.29) is 11.4 Å². The van der Waals surface area contributed by atoms with Gasteiger partial charge in [0.15, 0.2) is 0 Å². The molecule has 0 unspecified atom stereocenters. The van der Waals surface area contributed by atoms with Crippen molar-refractivity contribution >= 4 is 16.7 Å². The van der Waals surface area contributed by atoms with E-state index in [0.29, 0.717) is 12.2 Å². The van der Waals surface area contributed by atoms with Crippen LogP contribution in [0.5, 0.6) is 5.75 Å². The van der Waals surface area contributed by atoms with Crippen molar-refractivity contribution in [3.8, 4) is 5.75 Å². The van der Waals surface area contributed by atoms with Crippen LogP contribution < -0.4 is 10.1 Å². The van der Waals surface area contributed by atoms with Gasteiger partial charge in [0.1, 0.15) is 12.4 Å². The zero-order valence-electron chi connectivity index (χ0n) is 17.2. The second-order valence-electron chi connectivity index (χ2n) is 8.07. The van der Waals surface area contributed by atoms with Crippen LogP contribution in [0.3, 0.4) is 0 Å². The van der Waals surface area contributed by atoms with Gasteiger partial charge in [0.05, 0.1) is 5.54 Å². The van der Waals surface area contributed by atoms with Gasteiger partial charge in [0.2, 0.25) is 0 Å². The first kappa shape index (κ1) is 19.4. The van der Waals surface area contributed by atoms with Crippen molar-refractivity contribution in [2.75, 3.05) is 27.2 Å². The third kappa shape index (κ3) is 4.10. The number of likely N-dealkylation sites (N-methyl/N-ethyl adjacent to an activating group) is 1. The maximum atomic E-state index is 13.2. The molecule has 0 saturated heterocycles. The highest BCUT2D eigenvalue weighted by Gasteiger charge is 2.46. The summed E-state index contributed by atoms with van der Waals surface area (Å²) in [5.74, 6) is 0.674. The summed E-state index contributed by atoms with van der Waals surface area (Å²) in [5.41, 5.74) is 2.48. The summed E-state index contributed by atoms with van der Waals surface area (Å²) in [6, 6.07) is 14.0. The number of amides is 1. The van der Waals surface area contributed by atoms with Crippen LogP contribution in [0.4, 0.5) is 0 Å². The minimum Gasteiger partial charge on any atom is -0.492 e. The summed E-state index contributed by atoms with van der Waals surface area (Å²) in [7, 11) is 4.02. The quantitative estimate of drug-likeness (QED) is 0.666. The number of nitrogens with one attached hydrogen (secondary N) is 1. The lowest BCUT2D eigenvalue weighted by molar-refractivity contribution is 0.0930. The molecule has 1 aliphatic carbocycles. The average Bonchev–Trinajstić information content (AvgIpc) is 3.49. The Balaban J connectivity index is 1.56. The zero-order valence-corrected chi connectivity index (χ0v) is 17.2. The highest BCUT2D eigenvalue weighted by Crippen LogP contribution is 2.48. The Hall–Kier alpha value is -2.92. The molecule has 29 heavy (non-hydrogen) atoms. The molecule has 1 N–H and O–H groups in total. The van der Waals surface area contributed by atoms with E-state index in [1.807, 2.05) is 63.7 Å². The van der Waals surface area contributed by atoms with Gasteiger partial charge >= 0.3 is 0 Å². The number of benzene rings is 2. The molecule has 1 aliphatic rings. The van der Waals surface area contributed by atoms with E-state index in [1.54, 1.807) is 0 Å². The topological polar surface area (TPSA) is 54.5 Å². The molecule has 4 rings (SSSR count). The molecule has 1 saturated carbocycles. The Morgan fingerprint density at radius 3 is 2.79 bits per heavy atom. The van der Waals surface area contributed by atoms with Crippen molar-refractivity contribution in [3.63, 3.8) is 0 Å². The number of hydrogen-bond acceptors (Lipinski definition) is 4. The van der Waals surface area contributed by atoms with Gasteiger partial charge in [-0.05, 0) is 68.6 Å². The maximum absolute atomic E-state index is 13.2. The molecular formula is C24H27N3O2. The first-order valence-electron chi connectivity index (χ1n) is 10.0. The van der Waals surface area contributed by atoms with Crippen molar-refractivity contribution in [2.24, 2.45) is 0 Å². The Bertz CT molecular complexity index is 1040. The minimum atomic E-state index is -0.299. The summed E-state index contributed by atoms with van der Waals surface area (Å²) >= 11 is 0. The van der Waals surface area contributed by atoms with E-state index in [4.69, 9.17) is 4.74 Å². The molecule has 1 heterocycles. The fourth-order valence-electron chi connectivity index (χ4n) is 3.69. The first-order valence-corrected chi connectivity index (χ1v) is 10.0. The number of nitrogens with zero attached hydrogens (tertiary/aromatic N) is 2. The molecule has 150 valence electrons. The number of carbonyl (C=O) groups excluding carboxylic acids is 1. The molecule has 1 amide bonds. The van der Waals surface area contributed by atoms with Gasteiger partial charge in [-0.1, -0.05) is 24.3 Å². The summed E-state index contributed by atoms with van der Waals surface area (Å²) < 4.78 is 5.82. The number of carbonyl (C=O) groups is 1. The second kappa shape index (κ2) is 7.84. The van der Waals surface area contributed by atoms with Crippen molar-refractivity contribution in [2.45, 2.75) is 25.3 Å². The van der Waals surface area contributed by atoms with E-state index in [2.05, 4.69) is 27.3 Å². The molecule has 2 aromatic carbocycles. The van der Waals surface area contributed by atoms with Crippen LogP contribution in [-0.4, -0.2) is 43.0 Å². The van der Waals surface area contributed by atoms with Gasteiger partial charge in [-0.2, -0.15) is 0 Å². The van der Waals surface area contributed by atoms with Gasteiger partial charge < -0.3 is 15.0 Å². The normalized spacial score (nSPS) is 14.8. The summed E-state index contributed by atoms with van der Waals surface area (Å²) in [6.45, 7) is 3.38. The van der Waals surface area contributed by atoms with Gasteiger partial charge in [-0.3, -0.25) is 9.78 Å². The SMILES string of the molecule is Cc1ccc(OCCN(C)C)cc1C(=O)NC1(c2cccc3cnccc23)CC1. The standard InChI is InChI=1S/C24H27N3O2/c1-17-7-8-19(29-14-13-27(2)3)15-21(17)23(28)26-24(10-11-24)22-6-4-5-18-16-25-12-9-20(18)22/h4-9,12,15-16H,10-11,13-14H2,1-3H3,(H,26,28). The van der Waals surface area contributed by atoms with E-state index in [9.17, 15) is 4.79 Å². The number of rotatable bonds is 7. The molecule has 0 radical (unpaired) electrons. The van der Waals surface area contributed by atoms with Crippen molar-refractivity contribution in [1.82, 2.24) is 15.2 Å². The van der Waals surface area contributed by atoms with E-state index < -0.39 is 0 Å². The minimum absolute atomic E-state index is 0.0517. The Kier molecular flexibility index (Phi) is 5.24. The monoisotopic (exact) mass is 389 g/mol. The molecule has 0 aliphatic heterocycles. The molecule has 0 spiro atoms. The third-order valence-electron chi connectivity index (χ3n) is 5.56. The van der Waals surface area contributed by atoms with Crippen LogP contribution >= 0.6 is 0 Å². The largest absolute Gasteiger partial charge is 0.492 e. The smallest absolute Gasteiger partial charge is 0.252 e. The number of pyridine rings is 1. The number of aryl methyl sites for hydroxylation is 1. The second-order valence-corrected chi connectivity index (χ2v) is 8.07. The summed E-state index contributed by atoms with van der Waals surface area (Å²) in [5, 5.41) is 5.56. The molecular weight excluding hydrogens is 362 g/mol. The Morgan fingerprint density at radius 1 is 1.21 bits per heavy atom. The van der Waals surface area contributed by atoms with Crippen LogP contribution in [0.1, 0.15) is 34.3 Å². The van der Waals surface area contributed by atoms with Crippen LogP contribution in [-0.2, 0) is 5.54 Å². The lowest BCUT2D eigenvalue weighted by atomic mass is 9.97. The van der Waals surface area contributed by atoms with E-state index in [1.165, 1.54) is 5.56 Å². The molecule has 0 bridgehead atoms. The van der Waals surface area contributed by atoms with Crippen molar-refractivity contribution < 1.29 is 9.53 Å². The van der Waals surface area contributed by atoms with Crippen molar-refractivity contribution in [3.05, 3.63) is 71.5 Å². The number of fused-ring (bicyclic) bond motifs is 1. The highest BCUT2D eigenvalue weighted by atomic mass is 16.5. The van der Waals surface area contributed by atoms with Crippen LogP contribution in [0.25, 0.3) is 10.8 Å². The van der Waals surface area contributed by atoms with E-state index in [0.717, 1.165) is 41.5 Å². The number of ether oxygens (including phenoxy) is 1. The lowest BCUT2D eigenvalue weighted by Gasteiger charge is -2.21. The predicted molar refractivity (Wildman–Crippen MR) is 115 cm³/mol. The number of hydrogen-bond donors (Lipinski definition) is 1. The first-order chi connectivity index (χ1) is 14.0. The Labute approximate surface area is 171 Å². The number of aromatic nitrogens is 1. The average molecular weight is 389 g/mol. The fourth-order valence-corrected chi connectivity index (χ4v) is 3.69. The highest BCUT2D eigenvalue weighted by molar-refractivity contribution is 5.97. The van der Waals surface area contributed by atoms with E-state index >= 15 is 0 Å². The van der Waals surface area contributed by atoms with Gasteiger partial charge in [0, 0.05) is 29.9 Å². The van der Waals surface area contributed by atoms with Crippen LogP contribution in [0.2, 0.25) is 0 Å². The maximum Gasteiger partial charge on any atom is 0.252 e. The van der Waals surface area contributed by atoms with Crippen molar-refractivity contribution in [1.29, 1.82) is 0 Å².